The van der Waals surface area contributed by atoms with Crippen molar-refractivity contribution in [3.05, 3.63) is 122 Å². The summed E-state index contributed by atoms with van der Waals surface area (Å²) in [5.74, 6) is -1.08. The number of unbranched alkanes of at least 4 members (excludes halogenated alkanes) is 19. The number of ether oxygens (including phenoxy) is 3. The molecule has 0 amide bonds. The fraction of sp³-hybridized carbons (Fsp3) is 0.641. The predicted molar refractivity (Wildman–Crippen MR) is 302 cm³/mol. The molecule has 0 aliphatic rings. The van der Waals surface area contributed by atoms with Gasteiger partial charge in [-0.25, -0.2) is 0 Å². The summed E-state index contributed by atoms with van der Waals surface area (Å²) in [4.78, 5) is 38.1. The van der Waals surface area contributed by atoms with Gasteiger partial charge in [0.25, 0.3) is 0 Å². The van der Waals surface area contributed by atoms with Gasteiger partial charge in [-0.05, 0) is 116 Å². The summed E-state index contributed by atoms with van der Waals surface area (Å²) in [5, 5.41) is 0. The van der Waals surface area contributed by atoms with Crippen LogP contribution in [0.4, 0.5) is 0 Å². The van der Waals surface area contributed by atoms with E-state index in [1.54, 1.807) is 0 Å². The second-order valence-corrected chi connectivity index (χ2v) is 18.5. The summed E-state index contributed by atoms with van der Waals surface area (Å²) < 4.78 is 16.7. The summed E-state index contributed by atoms with van der Waals surface area (Å²) in [6, 6.07) is 0. The summed E-state index contributed by atoms with van der Waals surface area (Å²) in [5.41, 5.74) is 0. The average molecular weight is 970 g/mol. The van der Waals surface area contributed by atoms with Gasteiger partial charge in [0.1, 0.15) is 13.2 Å². The van der Waals surface area contributed by atoms with Crippen LogP contribution < -0.4 is 0 Å². The summed E-state index contributed by atoms with van der Waals surface area (Å²) >= 11 is 0. The van der Waals surface area contributed by atoms with Crippen molar-refractivity contribution in [1.29, 1.82) is 0 Å². The number of rotatable bonds is 50. The van der Waals surface area contributed by atoms with Crippen molar-refractivity contribution >= 4 is 17.9 Å². The molecular weight excluding hydrogens is 865 g/mol. The maximum Gasteiger partial charge on any atom is 0.306 e. The average Bonchev–Trinajstić information content (AvgIpc) is 3.36. The van der Waals surface area contributed by atoms with E-state index in [2.05, 4.69) is 130 Å². The van der Waals surface area contributed by atoms with Crippen LogP contribution in [0.3, 0.4) is 0 Å². The van der Waals surface area contributed by atoms with E-state index in [0.29, 0.717) is 19.3 Å². The Labute approximate surface area is 431 Å². The number of carbonyl (C=O) groups is 3. The Kier molecular flexibility index (Phi) is 54.0. The molecule has 0 saturated heterocycles. The molecule has 0 rings (SSSR count). The van der Waals surface area contributed by atoms with Crippen molar-refractivity contribution in [2.24, 2.45) is 0 Å². The van der Waals surface area contributed by atoms with E-state index >= 15 is 0 Å². The molecule has 0 fully saturated rings. The fourth-order valence-corrected chi connectivity index (χ4v) is 7.42. The minimum atomic E-state index is -0.842. The van der Waals surface area contributed by atoms with Crippen LogP contribution in [0.15, 0.2) is 122 Å². The Balaban J connectivity index is 4.60. The van der Waals surface area contributed by atoms with Gasteiger partial charge in [0, 0.05) is 19.3 Å². The van der Waals surface area contributed by atoms with Crippen LogP contribution in [-0.2, 0) is 28.6 Å². The molecule has 0 aliphatic heterocycles. The zero-order valence-electron chi connectivity index (χ0n) is 45.2. The Morgan fingerprint density at radius 2 is 0.600 bits per heavy atom. The maximum absolute atomic E-state index is 12.8. The highest BCUT2D eigenvalue weighted by atomic mass is 16.6. The largest absolute Gasteiger partial charge is 0.462 e. The Morgan fingerprint density at radius 1 is 0.300 bits per heavy atom. The van der Waals surface area contributed by atoms with Crippen LogP contribution in [-0.4, -0.2) is 37.2 Å². The van der Waals surface area contributed by atoms with Crippen LogP contribution in [0.1, 0.15) is 245 Å². The Hall–Kier alpha value is -4.19. The monoisotopic (exact) mass is 969 g/mol. The Bertz CT molecular complexity index is 1490. The van der Waals surface area contributed by atoms with Crippen LogP contribution >= 0.6 is 0 Å². The zero-order chi connectivity index (χ0) is 50.7. The molecule has 6 nitrogen and oxygen atoms in total. The van der Waals surface area contributed by atoms with E-state index in [1.165, 1.54) is 103 Å². The molecular formula is C64H104O6. The molecule has 0 aliphatic carbocycles. The maximum atomic E-state index is 12.8. The normalized spacial score (nSPS) is 13.0. The minimum absolute atomic E-state index is 0.128. The molecule has 0 spiro atoms. The molecule has 0 saturated carbocycles. The third kappa shape index (κ3) is 54.7. The van der Waals surface area contributed by atoms with E-state index in [1.807, 2.05) is 12.2 Å². The van der Waals surface area contributed by atoms with Gasteiger partial charge in [-0.1, -0.05) is 232 Å². The molecule has 1 atom stereocenters. The highest BCUT2D eigenvalue weighted by Gasteiger charge is 2.19. The second kappa shape index (κ2) is 57.4. The molecule has 0 aromatic rings. The van der Waals surface area contributed by atoms with Crippen LogP contribution in [0, 0.1) is 0 Å². The lowest BCUT2D eigenvalue weighted by Crippen LogP contribution is -2.30. The molecule has 0 aromatic heterocycles. The van der Waals surface area contributed by atoms with E-state index in [4.69, 9.17) is 14.2 Å². The highest BCUT2D eigenvalue weighted by Crippen LogP contribution is 2.13. The number of carbonyl (C=O) groups excluding carboxylic acids is 3. The summed E-state index contributed by atoms with van der Waals surface area (Å²) in [7, 11) is 0. The third-order valence-electron chi connectivity index (χ3n) is 11.7. The van der Waals surface area contributed by atoms with E-state index < -0.39 is 6.10 Å². The summed E-state index contributed by atoms with van der Waals surface area (Å²) in [6.07, 6.45) is 79.2. The van der Waals surface area contributed by atoms with E-state index in [-0.39, 0.29) is 44.0 Å². The molecule has 0 N–H and O–H groups in total. The first-order valence-electron chi connectivity index (χ1n) is 28.5. The number of allylic oxidation sites excluding steroid dienone is 20. The highest BCUT2D eigenvalue weighted by molar-refractivity contribution is 5.71. The van der Waals surface area contributed by atoms with Gasteiger partial charge in [0.05, 0.1) is 0 Å². The standard InChI is InChI=1S/C64H104O6/c1-4-7-10-13-16-19-22-25-28-31-32-34-36-39-42-45-48-51-54-57-63(66)69-60-61(59-68-62(65)56-53-50-47-44-41-38-35-30-27-24-21-18-15-12-9-6-3)70-64(67)58-55-52-49-46-43-40-37-33-29-26-23-20-17-14-11-8-5-2/h7,10,16,19,25-26,28-30,32,34-35,37,39-40,42,46,48-49,51,61H,4-6,8-9,11-15,17-18,20-24,27,31,33,36,38,41,43-45,47,50,52-60H2,1-3H3/b10-7-,19-16-,28-25-,29-26-,34-32-,35-30-,40-37-,42-39-,49-46-,51-48-. The SMILES string of the molecule is CC/C=C\C/C=C\C/C=C\C/C=C\C/C=C\C/C=C\CCC(=O)OCC(COC(=O)CCCCCCC/C=C\CCCCCCCCC)OC(=O)CCC/C=C\C/C=C\C/C=C\CCCCCCCC. The van der Waals surface area contributed by atoms with Gasteiger partial charge in [-0.3, -0.25) is 14.4 Å². The first kappa shape index (κ1) is 65.8. The molecule has 0 radical (unpaired) electrons. The van der Waals surface area contributed by atoms with Crippen molar-refractivity contribution in [2.75, 3.05) is 13.2 Å². The van der Waals surface area contributed by atoms with E-state index in [9.17, 15) is 14.4 Å². The number of hydrogen-bond acceptors (Lipinski definition) is 6. The van der Waals surface area contributed by atoms with E-state index in [0.717, 1.165) is 89.9 Å². The molecule has 6 heteroatoms. The molecule has 0 heterocycles. The topological polar surface area (TPSA) is 78.9 Å². The molecule has 396 valence electrons. The van der Waals surface area contributed by atoms with Crippen LogP contribution in [0.2, 0.25) is 0 Å². The molecule has 0 bridgehead atoms. The first-order valence-corrected chi connectivity index (χ1v) is 28.5. The van der Waals surface area contributed by atoms with Gasteiger partial charge >= 0.3 is 17.9 Å². The van der Waals surface area contributed by atoms with Crippen LogP contribution in [0.25, 0.3) is 0 Å². The molecule has 1 unspecified atom stereocenters. The lowest BCUT2D eigenvalue weighted by Gasteiger charge is -2.18. The lowest BCUT2D eigenvalue weighted by atomic mass is 10.1. The predicted octanol–water partition coefficient (Wildman–Crippen LogP) is 19.3. The van der Waals surface area contributed by atoms with Gasteiger partial charge in [0.2, 0.25) is 0 Å². The smallest absolute Gasteiger partial charge is 0.306 e. The Morgan fingerprint density at radius 3 is 1.01 bits per heavy atom. The first-order chi connectivity index (χ1) is 34.5. The van der Waals surface area contributed by atoms with Crippen LogP contribution in [0.5, 0.6) is 0 Å². The van der Waals surface area contributed by atoms with Gasteiger partial charge in [-0.2, -0.15) is 0 Å². The van der Waals surface area contributed by atoms with Gasteiger partial charge in [0.15, 0.2) is 6.10 Å². The molecule has 70 heavy (non-hydrogen) atoms. The quantitative estimate of drug-likeness (QED) is 0.0262. The second-order valence-electron chi connectivity index (χ2n) is 18.5. The van der Waals surface area contributed by atoms with Crippen molar-refractivity contribution in [1.82, 2.24) is 0 Å². The van der Waals surface area contributed by atoms with Crippen molar-refractivity contribution in [3.63, 3.8) is 0 Å². The minimum Gasteiger partial charge on any atom is -0.462 e. The summed E-state index contributed by atoms with van der Waals surface area (Å²) in [6.45, 7) is 6.40. The van der Waals surface area contributed by atoms with Crippen molar-refractivity contribution < 1.29 is 28.6 Å². The van der Waals surface area contributed by atoms with Crippen molar-refractivity contribution in [3.8, 4) is 0 Å². The third-order valence-corrected chi connectivity index (χ3v) is 11.7. The number of esters is 3. The number of hydrogen-bond donors (Lipinski definition) is 0. The fourth-order valence-electron chi connectivity index (χ4n) is 7.42. The molecule has 0 aromatic carbocycles. The zero-order valence-corrected chi connectivity index (χ0v) is 45.2. The lowest BCUT2D eigenvalue weighted by molar-refractivity contribution is -0.166. The van der Waals surface area contributed by atoms with Gasteiger partial charge < -0.3 is 14.2 Å². The van der Waals surface area contributed by atoms with Gasteiger partial charge in [-0.15, -0.1) is 0 Å². The van der Waals surface area contributed by atoms with Crippen molar-refractivity contribution in [2.45, 2.75) is 252 Å².